The van der Waals surface area contributed by atoms with Gasteiger partial charge in [-0.3, -0.25) is 0 Å². The molecule has 2 fully saturated rings. The largest absolute Gasteiger partial charge is 0.353 e. The summed E-state index contributed by atoms with van der Waals surface area (Å²) in [4.78, 5) is 0. The Hall–Kier alpha value is -0.0800. The van der Waals surface area contributed by atoms with Crippen molar-refractivity contribution in [3.63, 3.8) is 0 Å². The molecular formula is C11H20O2. The van der Waals surface area contributed by atoms with Crippen LogP contribution in [0, 0.1) is 5.92 Å². The van der Waals surface area contributed by atoms with Crippen molar-refractivity contribution >= 4 is 0 Å². The fourth-order valence-electron chi connectivity index (χ4n) is 2.20. The Morgan fingerprint density at radius 2 is 2.15 bits per heavy atom. The van der Waals surface area contributed by atoms with Gasteiger partial charge in [-0.15, -0.1) is 0 Å². The monoisotopic (exact) mass is 184 g/mol. The highest BCUT2D eigenvalue weighted by atomic mass is 16.7. The molecule has 76 valence electrons. The van der Waals surface area contributed by atoms with Gasteiger partial charge in [0, 0.05) is 6.61 Å². The average Bonchev–Trinajstić information content (AvgIpc) is 2.15. The number of hydrogen-bond donors (Lipinski definition) is 0. The van der Waals surface area contributed by atoms with Gasteiger partial charge in [0.05, 0.1) is 6.10 Å². The molecule has 13 heavy (non-hydrogen) atoms. The molecule has 2 heteroatoms. The fraction of sp³-hybridized carbons (Fsp3) is 1.00. The van der Waals surface area contributed by atoms with E-state index >= 15 is 0 Å². The maximum atomic E-state index is 5.91. The van der Waals surface area contributed by atoms with E-state index < -0.39 is 0 Å². The second-order valence-electron chi connectivity index (χ2n) is 4.22. The predicted molar refractivity (Wildman–Crippen MR) is 51.5 cm³/mol. The van der Waals surface area contributed by atoms with Gasteiger partial charge in [0.1, 0.15) is 0 Å². The highest BCUT2D eigenvalue weighted by molar-refractivity contribution is 4.81. The Kier molecular flexibility index (Phi) is 3.23. The van der Waals surface area contributed by atoms with Gasteiger partial charge in [0.2, 0.25) is 0 Å². The summed E-state index contributed by atoms with van der Waals surface area (Å²) in [6, 6.07) is 0. The molecule has 0 N–H and O–H groups in total. The zero-order chi connectivity index (χ0) is 9.10. The van der Waals surface area contributed by atoms with Gasteiger partial charge in [-0.05, 0) is 38.0 Å². The Morgan fingerprint density at radius 1 is 1.23 bits per heavy atom. The van der Waals surface area contributed by atoms with Crippen molar-refractivity contribution in [1.82, 2.24) is 0 Å². The van der Waals surface area contributed by atoms with Crippen LogP contribution in [0.15, 0.2) is 0 Å². The Bertz CT molecular complexity index is 150. The molecule has 1 saturated carbocycles. The molecule has 0 amide bonds. The van der Waals surface area contributed by atoms with Crippen LogP contribution >= 0.6 is 0 Å². The van der Waals surface area contributed by atoms with Crippen LogP contribution in [0.25, 0.3) is 0 Å². The molecule has 2 rings (SSSR count). The van der Waals surface area contributed by atoms with Crippen LogP contribution in [0.2, 0.25) is 0 Å². The first-order valence-corrected chi connectivity index (χ1v) is 5.67. The summed E-state index contributed by atoms with van der Waals surface area (Å²) in [7, 11) is 0. The van der Waals surface area contributed by atoms with Crippen molar-refractivity contribution in [1.29, 1.82) is 0 Å². The minimum Gasteiger partial charge on any atom is -0.353 e. The Balaban J connectivity index is 1.70. The van der Waals surface area contributed by atoms with Crippen LogP contribution in [-0.4, -0.2) is 19.0 Å². The third-order valence-electron chi connectivity index (χ3n) is 3.34. The molecule has 1 saturated heterocycles. The van der Waals surface area contributed by atoms with Gasteiger partial charge in [-0.2, -0.15) is 0 Å². The molecule has 1 aliphatic heterocycles. The summed E-state index contributed by atoms with van der Waals surface area (Å²) in [5.74, 6) is 0.811. The van der Waals surface area contributed by atoms with Crippen LogP contribution in [0.4, 0.5) is 0 Å². The van der Waals surface area contributed by atoms with E-state index in [1.807, 2.05) is 0 Å². The van der Waals surface area contributed by atoms with Gasteiger partial charge in [0.25, 0.3) is 0 Å². The van der Waals surface area contributed by atoms with Gasteiger partial charge in [0.15, 0.2) is 6.29 Å². The normalized spacial score (nSPS) is 39.9. The molecule has 0 spiro atoms. The van der Waals surface area contributed by atoms with Crippen molar-refractivity contribution in [2.24, 2.45) is 5.92 Å². The van der Waals surface area contributed by atoms with Crippen molar-refractivity contribution in [2.75, 3.05) is 6.61 Å². The molecule has 2 aliphatic rings. The molecular weight excluding hydrogens is 164 g/mol. The molecule has 0 aromatic rings. The molecule has 3 atom stereocenters. The second kappa shape index (κ2) is 4.43. The van der Waals surface area contributed by atoms with E-state index in [1.165, 1.54) is 32.1 Å². The number of ether oxygens (including phenoxy) is 2. The third kappa shape index (κ3) is 2.23. The molecule has 1 aliphatic carbocycles. The van der Waals surface area contributed by atoms with Crippen molar-refractivity contribution in [2.45, 2.75) is 57.8 Å². The zero-order valence-corrected chi connectivity index (χ0v) is 8.50. The molecule has 1 heterocycles. The van der Waals surface area contributed by atoms with Crippen LogP contribution in [0.5, 0.6) is 0 Å². The Labute approximate surface area is 80.6 Å². The minimum absolute atomic E-state index is 0.119. The van der Waals surface area contributed by atoms with E-state index in [-0.39, 0.29) is 6.29 Å². The van der Waals surface area contributed by atoms with Gasteiger partial charge >= 0.3 is 0 Å². The first kappa shape index (κ1) is 9.47. The lowest BCUT2D eigenvalue weighted by Gasteiger charge is -2.39. The lowest BCUT2D eigenvalue weighted by Crippen LogP contribution is -2.38. The molecule has 2 nitrogen and oxygen atoms in total. The van der Waals surface area contributed by atoms with Gasteiger partial charge < -0.3 is 9.47 Å². The van der Waals surface area contributed by atoms with Crippen molar-refractivity contribution < 1.29 is 9.47 Å². The minimum atomic E-state index is 0.119. The van der Waals surface area contributed by atoms with E-state index in [4.69, 9.17) is 9.47 Å². The Morgan fingerprint density at radius 3 is 2.69 bits per heavy atom. The average molecular weight is 184 g/mol. The predicted octanol–water partition coefficient (Wildman–Crippen LogP) is 2.72. The third-order valence-corrected chi connectivity index (χ3v) is 3.34. The van der Waals surface area contributed by atoms with Gasteiger partial charge in [-0.1, -0.05) is 13.3 Å². The van der Waals surface area contributed by atoms with Crippen molar-refractivity contribution in [3.8, 4) is 0 Å². The summed E-state index contributed by atoms with van der Waals surface area (Å²) in [5.41, 5.74) is 0. The highest BCUT2D eigenvalue weighted by Crippen LogP contribution is 2.34. The SMILES string of the molecule is CC[C@@H]1CCC1OC1CCCCO1. The molecule has 0 bridgehead atoms. The molecule has 2 unspecified atom stereocenters. The summed E-state index contributed by atoms with van der Waals surface area (Å²) >= 11 is 0. The van der Waals surface area contributed by atoms with Crippen molar-refractivity contribution in [3.05, 3.63) is 0 Å². The molecule has 0 aromatic carbocycles. The highest BCUT2D eigenvalue weighted by Gasteiger charge is 2.32. The van der Waals surface area contributed by atoms with E-state index in [9.17, 15) is 0 Å². The van der Waals surface area contributed by atoms with Crippen LogP contribution in [0.1, 0.15) is 45.4 Å². The lowest BCUT2D eigenvalue weighted by atomic mass is 9.80. The second-order valence-corrected chi connectivity index (χ2v) is 4.22. The summed E-state index contributed by atoms with van der Waals surface area (Å²) < 4.78 is 11.5. The maximum Gasteiger partial charge on any atom is 0.157 e. The van der Waals surface area contributed by atoms with E-state index in [0.717, 1.165) is 18.9 Å². The zero-order valence-electron chi connectivity index (χ0n) is 8.50. The first-order chi connectivity index (χ1) is 6.40. The van der Waals surface area contributed by atoms with Gasteiger partial charge in [-0.25, -0.2) is 0 Å². The first-order valence-electron chi connectivity index (χ1n) is 5.67. The van der Waals surface area contributed by atoms with Crippen LogP contribution in [0.3, 0.4) is 0 Å². The van der Waals surface area contributed by atoms with E-state index in [1.54, 1.807) is 0 Å². The number of hydrogen-bond acceptors (Lipinski definition) is 2. The number of rotatable bonds is 3. The fourth-order valence-corrected chi connectivity index (χ4v) is 2.20. The molecule has 0 radical (unpaired) electrons. The smallest absolute Gasteiger partial charge is 0.157 e. The standard InChI is InChI=1S/C11H20O2/c1-2-9-6-7-10(9)13-11-5-3-4-8-12-11/h9-11H,2-8H2,1H3/t9-,10?,11?/m1/s1. The van der Waals surface area contributed by atoms with Crippen LogP contribution in [-0.2, 0) is 9.47 Å². The quantitative estimate of drug-likeness (QED) is 0.671. The summed E-state index contributed by atoms with van der Waals surface area (Å²) in [6.07, 6.45) is 8.08. The summed E-state index contributed by atoms with van der Waals surface area (Å²) in [6.45, 7) is 3.15. The maximum absolute atomic E-state index is 5.91. The van der Waals surface area contributed by atoms with E-state index in [0.29, 0.717) is 6.10 Å². The lowest BCUT2D eigenvalue weighted by molar-refractivity contribution is -0.216. The van der Waals surface area contributed by atoms with Crippen LogP contribution < -0.4 is 0 Å². The molecule has 0 aromatic heterocycles. The summed E-state index contributed by atoms with van der Waals surface area (Å²) in [5, 5.41) is 0. The topological polar surface area (TPSA) is 18.5 Å². The van der Waals surface area contributed by atoms with E-state index in [2.05, 4.69) is 6.92 Å².